The molecule has 0 aliphatic rings. The topological polar surface area (TPSA) is 44.8 Å². The molecule has 0 bridgehead atoms. The lowest BCUT2D eigenvalue weighted by atomic mass is 10.1. The molecule has 0 aliphatic heterocycles. The third-order valence-electron chi connectivity index (χ3n) is 3.32. The highest BCUT2D eigenvalue weighted by molar-refractivity contribution is 6.66. The Morgan fingerprint density at radius 3 is 1.76 bits per heavy atom. The van der Waals surface area contributed by atoms with Crippen molar-refractivity contribution in [3.63, 3.8) is 0 Å². The summed E-state index contributed by atoms with van der Waals surface area (Å²) in [5, 5.41) is 0. The number of carbonyl (C=O) groups is 1. The van der Waals surface area contributed by atoms with Crippen LogP contribution in [0.25, 0.3) is 0 Å². The molecule has 0 atom stereocenters. The Morgan fingerprint density at radius 2 is 1.32 bits per heavy atom. The fourth-order valence-corrected chi connectivity index (χ4v) is 4.59. The molecular formula is C15H19F5O4Si. The SMILES string of the molecule is CCO[Si](C)(CCCOC(=O)c1c(F)c(F)c(F)c(F)c1F)OCC. The van der Waals surface area contributed by atoms with Gasteiger partial charge in [0.05, 0.1) is 6.61 Å². The molecule has 142 valence electrons. The molecule has 0 saturated heterocycles. The number of halogens is 5. The Balaban J connectivity index is 2.73. The van der Waals surface area contributed by atoms with Gasteiger partial charge in [-0.25, -0.2) is 26.7 Å². The van der Waals surface area contributed by atoms with Gasteiger partial charge in [0.15, 0.2) is 23.3 Å². The average Bonchev–Trinajstić information content (AvgIpc) is 2.56. The zero-order valence-corrected chi connectivity index (χ0v) is 15.1. The van der Waals surface area contributed by atoms with Gasteiger partial charge in [-0.1, -0.05) is 0 Å². The molecule has 4 nitrogen and oxygen atoms in total. The van der Waals surface area contributed by atoms with E-state index < -0.39 is 49.2 Å². The Labute approximate surface area is 143 Å². The summed E-state index contributed by atoms with van der Waals surface area (Å²) in [6.07, 6.45) is 0.254. The van der Waals surface area contributed by atoms with Gasteiger partial charge in [-0.15, -0.1) is 0 Å². The Hall–Kier alpha value is -1.52. The number of benzene rings is 1. The molecule has 25 heavy (non-hydrogen) atoms. The van der Waals surface area contributed by atoms with Gasteiger partial charge >= 0.3 is 14.5 Å². The highest BCUT2D eigenvalue weighted by Crippen LogP contribution is 2.24. The van der Waals surface area contributed by atoms with Crippen molar-refractivity contribution in [2.75, 3.05) is 19.8 Å². The normalized spacial score (nSPS) is 11.7. The third-order valence-corrected chi connectivity index (χ3v) is 6.38. The van der Waals surface area contributed by atoms with Crippen LogP contribution >= 0.6 is 0 Å². The van der Waals surface area contributed by atoms with Crippen LogP contribution in [0.15, 0.2) is 0 Å². The minimum Gasteiger partial charge on any atom is -0.462 e. The van der Waals surface area contributed by atoms with Crippen LogP contribution < -0.4 is 0 Å². The van der Waals surface area contributed by atoms with Crippen molar-refractivity contribution in [1.29, 1.82) is 0 Å². The van der Waals surface area contributed by atoms with Crippen LogP contribution in [0.2, 0.25) is 12.6 Å². The van der Waals surface area contributed by atoms with Crippen molar-refractivity contribution in [2.24, 2.45) is 0 Å². The lowest BCUT2D eigenvalue weighted by Gasteiger charge is -2.25. The summed E-state index contributed by atoms with van der Waals surface area (Å²) in [5.41, 5.74) is -1.61. The number of hydrogen-bond acceptors (Lipinski definition) is 4. The van der Waals surface area contributed by atoms with Crippen molar-refractivity contribution < 1.29 is 40.3 Å². The molecule has 0 saturated carbocycles. The first-order valence-corrected chi connectivity index (χ1v) is 10.2. The largest absolute Gasteiger partial charge is 0.462 e. The predicted octanol–water partition coefficient (Wildman–Crippen LogP) is 4.07. The standard InChI is InChI=1S/C15H19F5O4Si/c1-4-23-25(3,24-5-2)8-6-7-22-15(21)9-10(16)12(18)14(20)13(19)11(9)17/h4-8H2,1-3H3. The number of esters is 1. The van der Waals surface area contributed by atoms with Gasteiger partial charge in [0.1, 0.15) is 5.56 Å². The van der Waals surface area contributed by atoms with Crippen molar-refractivity contribution in [2.45, 2.75) is 32.9 Å². The van der Waals surface area contributed by atoms with E-state index in [-0.39, 0.29) is 13.0 Å². The summed E-state index contributed by atoms with van der Waals surface area (Å²) in [5.74, 6) is -12.8. The van der Waals surface area contributed by atoms with Crippen LogP contribution in [-0.2, 0) is 13.6 Å². The lowest BCUT2D eigenvalue weighted by molar-refractivity contribution is 0.0485. The highest BCUT2D eigenvalue weighted by Gasteiger charge is 2.32. The van der Waals surface area contributed by atoms with E-state index in [9.17, 15) is 26.7 Å². The molecule has 10 heteroatoms. The lowest BCUT2D eigenvalue weighted by Crippen LogP contribution is -2.38. The maximum atomic E-state index is 13.5. The Bertz CT molecular complexity index is 591. The summed E-state index contributed by atoms with van der Waals surface area (Å²) in [4.78, 5) is 11.7. The summed E-state index contributed by atoms with van der Waals surface area (Å²) in [6.45, 7) is 6.01. The first-order valence-electron chi connectivity index (χ1n) is 7.65. The van der Waals surface area contributed by atoms with Gasteiger partial charge in [-0.05, 0) is 32.9 Å². The Kier molecular flexibility index (Phi) is 7.96. The van der Waals surface area contributed by atoms with Gasteiger partial charge < -0.3 is 13.6 Å². The number of ether oxygens (including phenoxy) is 1. The minimum atomic E-state index is -2.46. The predicted molar refractivity (Wildman–Crippen MR) is 80.8 cm³/mol. The van der Waals surface area contributed by atoms with Gasteiger partial charge in [-0.3, -0.25) is 0 Å². The maximum absolute atomic E-state index is 13.5. The van der Waals surface area contributed by atoms with E-state index in [4.69, 9.17) is 8.85 Å². The van der Waals surface area contributed by atoms with Crippen molar-refractivity contribution in [1.82, 2.24) is 0 Å². The molecule has 0 radical (unpaired) electrons. The van der Waals surface area contributed by atoms with E-state index >= 15 is 0 Å². The van der Waals surface area contributed by atoms with Crippen molar-refractivity contribution >= 4 is 14.5 Å². The molecule has 0 aromatic heterocycles. The van der Waals surface area contributed by atoms with Gasteiger partial charge in [0, 0.05) is 13.2 Å². The Morgan fingerprint density at radius 1 is 0.880 bits per heavy atom. The zero-order chi connectivity index (χ0) is 19.2. The molecule has 0 heterocycles. The average molecular weight is 386 g/mol. The van der Waals surface area contributed by atoms with E-state index in [2.05, 4.69) is 4.74 Å². The molecule has 0 fully saturated rings. The molecule has 0 N–H and O–H groups in total. The minimum absolute atomic E-state index is 0.254. The van der Waals surface area contributed by atoms with Gasteiger partial charge in [-0.2, -0.15) is 0 Å². The molecule has 1 rings (SSSR count). The molecule has 1 aromatic rings. The first-order chi connectivity index (χ1) is 11.7. The van der Waals surface area contributed by atoms with E-state index in [1.807, 2.05) is 6.55 Å². The highest BCUT2D eigenvalue weighted by atomic mass is 28.4. The smallest absolute Gasteiger partial charge is 0.344 e. The fourth-order valence-electron chi connectivity index (χ4n) is 2.21. The summed E-state index contributed by atoms with van der Waals surface area (Å²) in [7, 11) is -2.46. The second-order valence-electron chi connectivity index (χ2n) is 5.18. The van der Waals surface area contributed by atoms with Crippen LogP contribution in [0, 0.1) is 29.1 Å². The maximum Gasteiger partial charge on any atom is 0.344 e. The molecule has 0 amide bonds. The van der Waals surface area contributed by atoms with Gasteiger partial charge in [0.2, 0.25) is 5.82 Å². The monoisotopic (exact) mass is 386 g/mol. The number of rotatable bonds is 9. The zero-order valence-electron chi connectivity index (χ0n) is 14.1. The van der Waals surface area contributed by atoms with E-state index in [0.717, 1.165) is 0 Å². The molecular weight excluding hydrogens is 367 g/mol. The molecule has 0 unspecified atom stereocenters. The van der Waals surface area contributed by atoms with Crippen molar-refractivity contribution in [3.8, 4) is 0 Å². The second kappa shape index (κ2) is 9.25. The first kappa shape index (κ1) is 21.5. The van der Waals surface area contributed by atoms with Crippen LogP contribution in [-0.4, -0.2) is 34.4 Å². The number of hydrogen-bond donors (Lipinski definition) is 0. The van der Waals surface area contributed by atoms with Crippen LogP contribution in [0.4, 0.5) is 22.0 Å². The van der Waals surface area contributed by atoms with Crippen LogP contribution in [0.1, 0.15) is 30.6 Å². The second-order valence-corrected chi connectivity index (χ2v) is 8.53. The van der Waals surface area contributed by atoms with Crippen molar-refractivity contribution in [3.05, 3.63) is 34.6 Å². The van der Waals surface area contributed by atoms with E-state index in [0.29, 0.717) is 19.3 Å². The van der Waals surface area contributed by atoms with E-state index in [1.54, 1.807) is 13.8 Å². The summed E-state index contributed by atoms with van der Waals surface area (Å²) >= 11 is 0. The summed E-state index contributed by atoms with van der Waals surface area (Å²) < 4.78 is 81.8. The molecule has 0 aliphatic carbocycles. The van der Waals surface area contributed by atoms with Crippen LogP contribution in [0.5, 0.6) is 0 Å². The summed E-state index contributed by atoms with van der Waals surface area (Å²) in [6, 6.07) is 0.430. The number of carbonyl (C=O) groups excluding carboxylic acids is 1. The third kappa shape index (κ3) is 5.22. The van der Waals surface area contributed by atoms with E-state index in [1.165, 1.54) is 0 Å². The molecule has 1 aromatic carbocycles. The van der Waals surface area contributed by atoms with Gasteiger partial charge in [0.25, 0.3) is 0 Å². The fraction of sp³-hybridized carbons (Fsp3) is 0.533. The molecule has 0 spiro atoms. The van der Waals surface area contributed by atoms with Crippen LogP contribution in [0.3, 0.4) is 0 Å². The quantitative estimate of drug-likeness (QED) is 0.160.